The van der Waals surface area contributed by atoms with Crippen molar-refractivity contribution >= 4 is 27.2 Å². The van der Waals surface area contributed by atoms with Gasteiger partial charge in [-0.2, -0.15) is 0 Å². The van der Waals surface area contributed by atoms with Gasteiger partial charge in [-0.3, -0.25) is 19.4 Å². The first-order valence-corrected chi connectivity index (χ1v) is 9.76. The van der Waals surface area contributed by atoms with Gasteiger partial charge in [0.05, 0.1) is 16.5 Å². The Bertz CT molecular complexity index is 989. The van der Waals surface area contributed by atoms with E-state index in [1.807, 2.05) is 0 Å². The maximum atomic E-state index is 12.8. The molecule has 1 heterocycles. The van der Waals surface area contributed by atoms with Crippen LogP contribution >= 0.6 is 11.6 Å². The van der Waals surface area contributed by atoms with Crippen molar-refractivity contribution in [2.24, 2.45) is 7.05 Å². The standard InChI is InChI=1S/C16H19ClN2O5S/c1-5-24-8-11-12(25(4,22)23)7-6-10(14(11)17)15(20)13-9(2)18-19(3)16(13)21/h6-7,18H,5,8H2,1-4H3. The monoisotopic (exact) mass is 386 g/mol. The van der Waals surface area contributed by atoms with Crippen LogP contribution in [0.1, 0.15) is 34.1 Å². The smallest absolute Gasteiger partial charge is 0.277 e. The minimum atomic E-state index is -3.55. The van der Waals surface area contributed by atoms with E-state index in [4.69, 9.17) is 16.3 Å². The van der Waals surface area contributed by atoms with Crippen LogP contribution in [0, 0.1) is 6.92 Å². The number of hydrogen-bond acceptors (Lipinski definition) is 5. The number of halogens is 1. The van der Waals surface area contributed by atoms with Gasteiger partial charge in [0.1, 0.15) is 5.56 Å². The molecule has 0 aliphatic heterocycles. The van der Waals surface area contributed by atoms with E-state index in [0.717, 1.165) is 6.26 Å². The molecule has 0 unspecified atom stereocenters. The Morgan fingerprint density at radius 3 is 2.48 bits per heavy atom. The number of aryl methyl sites for hydroxylation is 2. The van der Waals surface area contributed by atoms with Crippen molar-refractivity contribution in [2.45, 2.75) is 25.3 Å². The molecule has 0 fully saturated rings. The number of H-pyrrole nitrogens is 1. The zero-order chi connectivity index (χ0) is 18.9. The molecule has 0 amide bonds. The summed E-state index contributed by atoms with van der Waals surface area (Å²) in [5.41, 5.74) is 0.175. The Morgan fingerprint density at radius 2 is 2.00 bits per heavy atom. The molecular formula is C16H19ClN2O5S. The fourth-order valence-electron chi connectivity index (χ4n) is 2.55. The number of ether oxygens (including phenoxy) is 1. The van der Waals surface area contributed by atoms with Gasteiger partial charge in [0, 0.05) is 36.7 Å². The average Bonchev–Trinajstić information content (AvgIpc) is 2.77. The minimum Gasteiger partial charge on any atom is -0.377 e. The molecule has 2 aromatic rings. The summed E-state index contributed by atoms with van der Waals surface area (Å²) in [6, 6.07) is 2.64. The Labute approximate surface area is 150 Å². The summed E-state index contributed by atoms with van der Waals surface area (Å²) in [4.78, 5) is 24.9. The molecule has 0 spiro atoms. The van der Waals surface area contributed by atoms with Crippen molar-refractivity contribution in [3.05, 3.63) is 49.9 Å². The maximum absolute atomic E-state index is 12.8. The highest BCUT2D eigenvalue weighted by atomic mass is 35.5. The van der Waals surface area contributed by atoms with Crippen molar-refractivity contribution in [3.63, 3.8) is 0 Å². The van der Waals surface area contributed by atoms with Crippen LogP contribution in [0.2, 0.25) is 5.02 Å². The van der Waals surface area contributed by atoms with Crippen LogP contribution in [-0.2, 0) is 28.2 Å². The second-order valence-corrected chi connectivity index (χ2v) is 7.98. The summed E-state index contributed by atoms with van der Waals surface area (Å²) in [5, 5.41) is 2.73. The molecule has 1 aromatic carbocycles. The van der Waals surface area contributed by atoms with Crippen LogP contribution in [0.3, 0.4) is 0 Å². The Morgan fingerprint density at radius 1 is 1.36 bits per heavy atom. The van der Waals surface area contributed by atoms with E-state index in [1.54, 1.807) is 13.8 Å². The third-order valence-corrected chi connectivity index (χ3v) is 5.36. The Kier molecular flexibility index (Phi) is 5.55. The number of nitrogens with one attached hydrogen (secondary N) is 1. The first-order valence-electron chi connectivity index (χ1n) is 7.49. The highest BCUT2D eigenvalue weighted by Crippen LogP contribution is 2.30. The van der Waals surface area contributed by atoms with Crippen LogP contribution in [-0.4, -0.2) is 36.8 Å². The fraction of sp³-hybridized carbons (Fsp3) is 0.375. The van der Waals surface area contributed by atoms with Gasteiger partial charge in [0.25, 0.3) is 5.56 Å². The average molecular weight is 387 g/mol. The molecule has 0 aliphatic carbocycles. The molecule has 0 aliphatic rings. The van der Waals surface area contributed by atoms with E-state index in [0.29, 0.717) is 12.3 Å². The molecule has 7 nitrogen and oxygen atoms in total. The van der Waals surface area contributed by atoms with Crippen molar-refractivity contribution in [2.75, 3.05) is 12.9 Å². The zero-order valence-electron chi connectivity index (χ0n) is 14.3. The molecule has 1 aromatic heterocycles. The number of hydrogen-bond donors (Lipinski definition) is 1. The quantitative estimate of drug-likeness (QED) is 0.764. The second-order valence-electron chi connectivity index (χ2n) is 5.62. The van der Waals surface area contributed by atoms with E-state index in [2.05, 4.69) is 5.10 Å². The first kappa shape index (κ1) is 19.4. The van der Waals surface area contributed by atoms with Gasteiger partial charge in [-0.1, -0.05) is 11.6 Å². The largest absolute Gasteiger partial charge is 0.377 e. The van der Waals surface area contributed by atoms with Gasteiger partial charge in [0.2, 0.25) is 5.78 Å². The number of nitrogens with zero attached hydrogens (tertiary/aromatic N) is 1. The van der Waals surface area contributed by atoms with E-state index >= 15 is 0 Å². The molecule has 0 saturated heterocycles. The number of benzene rings is 1. The first-order chi connectivity index (χ1) is 11.6. The summed E-state index contributed by atoms with van der Waals surface area (Å²) in [6.45, 7) is 3.67. The van der Waals surface area contributed by atoms with Crippen molar-refractivity contribution < 1.29 is 17.9 Å². The number of sulfone groups is 1. The molecule has 0 saturated carbocycles. The molecular weight excluding hydrogens is 368 g/mol. The lowest BCUT2D eigenvalue weighted by molar-refractivity contribution is 0.103. The number of aromatic amines is 1. The molecule has 1 N–H and O–H groups in total. The molecule has 0 radical (unpaired) electrons. The SMILES string of the molecule is CCOCc1c(S(C)(=O)=O)ccc(C(=O)c2c(C)[nH]n(C)c2=O)c1Cl. The molecule has 25 heavy (non-hydrogen) atoms. The second kappa shape index (κ2) is 7.15. The highest BCUT2D eigenvalue weighted by Gasteiger charge is 2.25. The van der Waals surface area contributed by atoms with E-state index in [-0.39, 0.29) is 33.2 Å². The van der Waals surface area contributed by atoms with Gasteiger partial charge < -0.3 is 4.74 Å². The minimum absolute atomic E-state index is 0.00110. The number of aromatic nitrogens is 2. The summed E-state index contributed by atoms with van der Waals surface area (Å²) in [5.74, 6) is -0.567. The van der Waals surface area contributed by atoms with Gasteiger partial charge in [-0.25, -0.2) is 8.42 Å². The summed E-state index contributed by atoms with van der Waals surface area (Å²) in [6.07, 6.45) is 1.06. The van der Waals surface area contributed by atoms with E-state index < -0.39 is 21.2 Å². The lowest BCUT2D eigenvalue weighted by Crippen LogP contribution is -2.20. The van der Waals surface area contributed by atoms with Gasteiger partial charge >= 0.3 is 0 Å². The molecule has 2 rings (SSSR count). The highest BCUT2D eigenvalue weighted by molar-refractivity contribution is 7.90. The summed E-state index contributed by atoms with van der Waals surface area (Å²) in [7, 11) is -2.05. The summed E-state index contributed by atoms with van der Waals surface area (Å²) >= 11 is 6.33. The number of ketones is 1. The van der Waals surface area contributed by atoms with Crippen LogP contribution in [0.15, 0.2) is 21.8 Å². The van der Waals surface area contributed by atoms with Crippen LogP contribution in [0.4, 0.5) is 0 Å². The number of rotatable bonds is 6. The Balaban J connectivity index is 2.67. The predicted molar refractivity (Wildman–Crippen MR) is 94.1 cm³/mol. The topological polar surface area (TPSA) is 98.2 Å². The predicted octanol–water partition coefficient (Wildman–Crippen LogP) is 1.85. The normalized spacial score (nSPS) is 11.7. The van der Waals surface area contributed by atoms with Crippen LogP contribution < -0.4 is 5.56 Å². The fourth-order valence-corrected chi connectivity index (χ4v) is 3.84. The van der Waals surface area contributed by atoms with Crippen LogP contribution in [0.5, 0.6) is 0 Å². The Hall–Kier alpha value is -1.90. The van der Waals surface area contributed by atoms with Gasteiger partial charge in [-0.05, 0) is 26.0 Å². The zero-order valence-corrected chi connectivity index (χ0v) is 15.9. The molecule has 0 bridgehead atoms. The number of carbonyl (C=O) groups excluding carboxylic acids is 1. The third-order valence-electron chi connectivity index (χ3n) is 3.75. The lowest BCUT2D eigenvalue weighted by atomic mass is 10.0. The molecule has 9 heteroatoms. The van der Waals surface area contributed by atoms with Crippen molar-refractivity contribution in [3.8, 4) is 0 Å². The van der Waals surface area contributed by atoms with Crippen molar-refractivity contribution in [1.29, 1.82) is 0 Å². The van der Waals surface area contributed by atoms with Crippen molar-refractivity contribution in [1.82, 2.24) is 9.78 Å². The van der Waals surface area contributed by atoms with E-state index in [9.17, 15) is 18.0 Å². The summed E-state index contributed by atoms with van der Waals surface area (Å²) < 4.78 is 30.4. The molecule has 136 valence electrons. The van der Waals surface area contributed by atoms with Crippen LogP contribution in [0.25, 0.3) is 0 Å². The van der Waals surface area contributed by atoms with E-state index in [1.165, 1.54) is 23.9 Å². The number of carbonyl (C=O) groups is 1. The van der Waals surface area contributed by atoms with Gasteiger partial charge in [0.15, 0.2) is 9.84 Å². The lowest BCUT2D eigenvalue weighted by Gasteiger charge is -2.13. The third kappa shape index (κ3) is 3.70. The molecule has 0 atom stereocenters. The van der Waals surface area contributed by atoms with Gasteiger partial charge in [-0.15, -0.1) is 0 Å². The maximum Gasteiger partial charge on any atom is 0.277 e.